The molecule has 0 saturated carbocycles. The zero-order valence-corrected chi connectivity index (χ0v) is 13.3. The van der Waals surface area contributed by atoms with Gasteiger partial charge in [0.2, 0.25) is 9.47 Å². The van der Waals surface area contributed by atoms with E-state index in [-0.39, 0.29) is 15.4 Å². The normalized spacial score (nSPS) is 10.9. The lowest BCUT2D eigenvalue weighted by molar-refractivity contribution is 0.102. The Hall–Kier alpha value is -1.22. The van der Waals surface area contributed by atoms with Crippen LogP contribution in [0.3, 0.4) is 0 Å². The maximum Gasteiger partial charge on any atom is 0.286 e. The molecule has 5 nitrogen and oxygen atoms in total. The maximum atomic E-state index is 11.9. The number of nitrogens with one attached hydrogen (secondary N) is 1. The second-order valence-electron chi connectivity index (χ2n) is 3.68. The molecule has 20 heavy (non-hydrogen) atoms. The molecule has 0 atom stereocenters. The number of rotatable bonds is 3. The van der Waals surface area contributed by atoms with Crippen molar-refractivity contribution in [3.05, 3.63) is 27.7 Å². The first-order chi connectivity index (χ1) is 9.65. The summed E-state index contributed by atoms with van der Waals surface area (Å²) in [4.78, 5) is 16.4. The predicted octanol–water partition coefficient (Wildman–Crippen LogP) is 3.78. The van der Waals surface area contributed by atoms with Crippen molar-refractivity contribution < 1.29 is 4.79 Å². The summed E-state index contributed by atoms with van der Waals surface area (Å²) in [7, 11) is 0. The summed E-state index contributed by atoms with van der Waals surface area (Å²) in [5.74, 6) is -0.316. The van der Waals surface area contributed by atoms with Crippen molar-refractivity contribution in [2.24, 2.45) is 0 Å². The van der Waals surface area contributed by atoms with Gasteiger partial charge in [0.05, 0.1) is 10.2 Å². The van der Waals surface area contributed by atoms with Crippen LogP contribution in [0.2, 0.25) is 4.47 Å². The maximum absolute atomic E-state index is 11.9. The molecule has 0 fully saturated rings. The minimum atomic E-state index is -0.316. The third-order valence-electron chi connectivity index (χ3n) is 2.40. The number of halogens is 1. The summed E-state index contributed by atoms with van der Waals surface area (Å²) in [6.45, 7) is 0. The highest BCUT2D eigenvalue weighted by Crippen LogP contribution is 2.30. The number of carbonyl (C=O) groups is 1. The van der Waals surface area contributed by atoms with Gasteiger partial charge in [-0.15, -0.1) is 21.5 Å². The Morgan fingerprint density at radius 2 is 2.20 bits per heavy atom. The third kappa shape index (κ3) is 2.78. The van der Waals surface area contributed by atoms with E-state index in [0.717, 1.165) is 25.9 Å². The summed E-state index contributed by atoms with van der Waals surface area (Å²) in [5.41, 5.74) is 1.63. The number of nitrogens with zero attached hydrogens (tertiary/aromatic N) is 3. The Morgan fingerprint density at radius 1 is 1.35 bits per heavy atom. The zero-order valence-electron chi connectivity index (χ0n) is 10.1. The van der Waals surface area contributed by atoms with Crippen LogP contribution in [0.5, 0.6) is 0 Å². The molecule has 3 aromatic rings. The van der Waals surface area contributed by atoms with Gasteiger partial charge in [-0.05, 0) is 36.1 Å². The van der Waals surface area contributed by atoms with Crippen molar-refractivity contribution >= 4 is 67.8 Å². The van der Waals surface area contributed by atoms with Crippen LogP contribution in [0, 0.1) is 0 Å². The number of fused-ring (bicyclic) bond motifs is 1. The third-order valence-corrected chi connectivity index (χ3v) is 5.42. The van der Waals surface area contributed by atoms with Gasteiger partial charge in [-0.3, -0.25) is 4.79 Å². The topological polar surface area (TPSA) is 67.8 Å². The van der Waals surface area contributed by atoms with Gasteiger partial charge in [-0.2, -0.15) is 0 Å². The number of anilines is 1. The van der Waals surface area contributed by atoms with Gasteiger partial charge in [0.1, 0.15) is 0 Å². The van der Waals surface area contributed by atoms with Crippen molar-refractivity contribution in [3.8, 4) is 0 Å². The van der Waals surface area contributed by atoms with E-state index in [1.807, 2.05) is 24.5 Å². The Bertz CT molecular complexity index is 785. The first-order valence-electron chi connectivity index (χ1n) is 5.40. The number of aromatic nitrogens is 3. The molecule has 1 amide bonds. The van der Waals surface area contributed by atoms with E-state index in [9.17, 15) is 4.79 Å². The van der Waals surface area contributed by atoms with Crippen LogP contribution in [-0.4, -0.2) is 27.3 Å². The van der Waals surface area contributed by atoms with E-state index in [1.54, 1.807) is 23.1 Å². The van der Waals surface area contributed by atoms with Crippen LogP contribution in [0.15, 0.2) is 22.5 Å². The molecular formula is C11H7ClN4OS3. The summed E-state index contributed by atoms with van der Waals surface area (Å²) >= 11 is 9.90. The van der Waals surface area contributed by atoms with Crippen molar-refractivity contribution in [1.82, 2.24) is 15.2 Å². The molecule has 0 aliphatic carbocycles. The number of thiazole rings is 1. The highest BCUT2D eigenvalue weighted by atomic mass is 35.5. The molecule has 0 bridgehead atoms. The lowest BCUT2D eigenvalue weighted by Gasteiger charge is -2.01. The largest absolute Gasteiger partial charge is 0.320 e. The number of amides is 1. The predicted molar refractivity (Wildman–Crippen MR) is 84.3 cm³/mol. The molecule has 0 radical (unpaired) electrons. The first kappa shape index (κ1) is 13.7. The van der Waals surface area contributed by atoms with Crippen molar-refractivity contribution in [2.75, 3.05) is 11.6 Å². The number of carbonyl (C=O) groups excluding carboxylic acids is 1. The Morgan fingerprint density at radius 3 is 2.90 bits per heavy atom. The minimum absolute atomic E-state index is 0.240. The number of thioether (sulfide) groups is 1. The SMILES string of the molecule is CSc1nc2ccc(NC(=O)c3nnc(Cl)s3)cc2s1. The van der Waals surface area contributed by atoms with Crippen LogP contribution < -0.4 is 5.32 Å². The van der Waals surface area contributed by atoms with Gasteiger partial charge < -0.3 is 5.32 Å². The van der Waals surface area contributed by atoms with Gasteiger partial charge >= 0.3 is 0 Å². The summed E-state index contributed by atoms with van der Waals surface area (Å²) in [5, 5.41) is 10.3. The van der Waals surface area contributed by atoms with E-state index in [4.69, 9.17) is 11.6 Å². The van der Waals surface area contributed by atoms with Gasteiger partial charge in [0.25, 0.3) is 5.91 Å². The fourth-order valence-electron chi connectivity index (χ4n) is 1.55. The Balaban J connectivity index is 1.85. The average Bonchev–Trinajstić information content (AvgIpc) is 3.03. The van der Waals surface area contributed by atoms with Gasteiger partial charge in [-0.25, -0.2) is 4.98 Å². The molecule has 0 unspecified atom stereocenters. The molecule has 1 N–H and O–H groups in total. The lowest BCUT2D eigenvalue weighted by Crippen LogP contribution is -2.11. The van der Waals surface area contributed by atoms with Gasteiger partial charge in [0.15, 0.2) is 4.34 Å². The van der Waals surface area contributed by atoms with E-state index in [1.165, 1.54) is 0 Å². The number of hydrogen-bond acceptors (Lipinski definition) is 7. The molecule has 102 valence electrons. The molecule has 2 aromatic heterocycles. The highest BCUT2D eigenvalue weighted by Gasteiger charge is 2.13. The van der Waals surface area contributed by atoms with Crippen molar-refractivity contribution in [1.29, 1.82) is 0 Å². The van der Waals surface area contributed by atoms with E-state index >= 15 is 0 Å². The highest BCUT2D eigenvalue weighted by molar-refractivity contribution is 8.00. The van der Waals surface area contributed by atoms with E-state index < -0.39 is 0 Å². The average molecular weight is 343 g/mol. The second-order valence-corrected chi connectivity index (χ2v) is 7.32. The van der Waals surface area contributed by atoms with E-state index in [0.29, 0.717) is 5.69 Å². The second kappa shape index (κ2) is 5.65. The fourth-order valence-corrected chi connectivity index (χ4v) is 3.80. The molecule has 1 aromatic carbocycles. The van der Waals surface area contributed by atoms with Gasteiger partial charge in [-0.1, -0.05) is 23.1 Å². The molecule has 0 aliphatic heterocycles. The molecule has 9 heteroatoms. The molecular weight excluding hydrogens is 336 g/mol. The quantitative estimate of drug-likeness (QED) is 0.734. The summed E-state index contributed by atoms with van der Waals surface area (Å²) in [6, 6.07) is 5.59. The van der Waals surface area contributed by atoms with Crippen molar-refractivity contribution in [3.63, 3.8) is 0 Å². The van der Waals surface area contributed by atoms with Crippen LogP contribution in [0.4, 0.5) is 5.69 Å². The van der Waals surface area contributed by atoms with Crippen LogP contribution in [0.1, 0.15) is 9.80 Å². The molecule has 0 spiro atoms. The van der Waals surface area contributed by atoms with Crippen molar-refractivity contribution in [2.45, 2.75) is 4.34 Å². The van der Waals surface area contributed by atoms with Crippen LogP contribution >= 0.6 is 46.0 Å². The Kier molecular flexibility index (Phi) is 3.88. The molecule has 0 aliphatic rings. The molecule has 3 rings (SSSR count). The number of hydrogen-bond donors (Lipinski definition) is 1. The van der Waals surface area contributed by atoms with E-state index in [2.05, 4.69) is 20.5 Å². The first-order valence-corrected chi connectivity index (χ1v) is 8.64. The zero-order chi connectivity index (χ0) is 14.1. The summed E-state index contributed by atoms with van der Waals surface area (Å²) in [6.07, 6.45) is 1.99. The van der Waals surface area contributed by atoms with Crippen LogP contribution in [-0.2, 0) is 0 Å². The Labute approximate surface area is 131 Å². The van der Waals surface area contributed by atoms with Crippen LogP contribution in [0.25, 0.3) is 10.2 Å². The standard InChI is InChI=1S/C11H7ClN4OS3/c1-18-11-14-6-3-2-5(4-7(6)19-11)13-8(17)9-15-16-10(12)20-9/h2-4H,1H3,(H,13,17). The molecule has 2 heterocycles. The fraction of sp³-hybridized carbons (Fsp3) is 0.0909. The lowest BCUT2D eigenvalue weighted by atomic mass is 10.3. The minimum Gasteiger partial charge on any atom is -0.320 e. The monoisotopic (exact) mass is 342 g/mol. The van der Waals surface area contributed by atoms with Gasteiger partial charge in [0, 0.05) is 5.69 Å². The number of benzene rings is 1. The smallest absolute Gasteiger partial charge is 0.286 e. The molecule has 0 saturated heterocycles. The summed E-state index contributed by atoms with van der Waals surface area (Å²) < 4.78 is 2.28.